The first kappa shape index (κ1) is 23.3. The Morgan fingerprint density at radius 2 is 2.10 bits per heavy atom. The average molecular weight is 408 g/mol. The van der Waals surface area contributed by atoms with Crippen molar-refractivity contribution in [2.75, 3.05) is 6.61 Å². The van der Waals surface area contributed by atoms with Crippen LogP contribution in [-0.4, -0.2) is 55.3 Å². The SMILES string of the molecule is C#CB(C#C)C#CC.CCC[C@@H]1C(O)[C@H](n2cnc3c(=O)[nH]c(C)nc32)O[C@@H]1CO. The second-order valence-corrected chi connectivity index (χ2v) is 6.83. The number of aliphatic hydroxyl groups excluding tert-OH is 2. The van der Waals surface area contributed by atoms with Gasteiger partial charge < -0.3 is 19.9 Å². The maximum absolute atomic E-state index is 11.9. The molecule has 3 N–H and O–H groups in total. The summed E-state index contributed by atoms with van der Waals surface area (Å²) in [4.78, 5) is 22.8. The van der Waals surface area contributed by atoms with Crippen molar-refractivity contribution in [2.24, 2.45) is 5.92 Å². The topological polar surface area (TPSA) is 113 Å². The summed E-state index contributed by atoms with van der Waals surface area (Å²) in [5, 5.41) is 20.0. The highest BCUT2D eigenvalue weighted by Gasteiger charge is 2.44. The molecule has 2 aromatic heterocycles. The van der Waals surface area contributed by atoms with Crippen molar-refractivity contribution >= 4 is 17.9 Å². The predicted molar refractivity (Wildman–Crippen MR) is 115 cm³/mol. The fraction of sp³-hybridized carbons (Fsp3) is 0.476. The molecule has 1 fully saturated rings. The fourth-order valence-corrected chi connectivity index (χ4v) is 3.39. The zero-order chi connectivity index (χ0) is 22.3. The molecule has 8 nitrogen and oxygen atoms in total. The van der Waals surface area contributed by atoms with Crippen molar-refractivity contribution < 1.29 is 14.9 Å². The number of nitrogens with one attached hydrogen (secondary N) is 1. The van der Waals surface area contributed by atoms with Crippen LogP contribution in [0.2, 0.25) is 0 Å². The third-order valence-electron chi connectivity index (χ3n) is 4.77. The maximum atomic E-state index is 11.9. The van der Waals surface area contributed by atoms with E-state index in [9.17, 15) is 15.0 Å². The number of aromatic nitrogens is 4. The number of H-pyrrole nitrogens is 1. The van der Waals surface area contributed by atoms with Crippen LogP contribution in [0.15, 0.2) is 11.1 Å². The second-order valence-electron chi connectivity index (χ2n) is 6.83. The minimum Gasteiger partial charge on any atom is -0.394 e. The third kappa shape index (κ3) is 4.93. The summed E-state index contributed by atoms with van der Waals surface area (Å²) in [5.74, 6) is 10.3. The second kappa shape index (κ2) is 10.7. The maximum Gasteiger partial charge on any atom is 0.394 e. The Morgan fingerprint density at radius 3 is 2.63 bits per heavy atom. The summed E-state index contributed by atoms with van der Waals surface area (Å²) in [5.41, 5.74) is 0.262. The molecule has 0 bridgehead atoms. The molecule has 156 valence electrons. The van der Waals surface area contributed by atoms with Crippen molar-refractivity contribution in [1.82, 2.24) is 19.5 Å². The lowest BCUT2D eigenvalue weighted by Gasteiger charge is -2.18. The van der Waals surface area contributed by atoms with Gasteiger partial charge in [-0.15, -0.1) is 36.2 Å². The lowest BCUT2D eigenvalue weighted by atomic mass is 9.53. The Kier molecular flexibility index (Phi) is 8.27. The van der Waals surface area contributed by atoms with Gasteiger partial charge in [0, 0.05) is 5.92 Å². The van der Waals surface area contributed by atoms with Crippen LogP contribution in [0, 0.1) is 49.1 Å². The molecule has 3 heterocycles. The van der Waals surface area contributed by atoms with Gasteiger partial charge in [-0.2, -0.15) is 0 Å². The summed E-state index contributed by atoms with van der Waals surface area (Å²) < 4.78 is 7.36. The van der Waals surface area contributed by atoms with Crippen LogP contribution in [0.4, 0.5) is 0 Å². The smallest absolute Gasteiger partial charge is 0.394 e. The molecule has 0 spiro atoms. The van der Waals surface area contributed by atoms with Gasteiger partial charge in [0.05, 0.1) is 19.0 Å². The van der Waals surface area contributed by atoms with Crippen LogP contribution in [0.5, 0.6) is 0 Å². The minimum absolute atomic E-state index is 0.152. The molecule has 0 amide bonds. The monoisotopic (exact) mass is 408 g/mol. The van der Waals surface area contributed by atoms with Crippen LogP contribution < -0.4 is 5.56 Å². The van der Waals surface area contributed by atoms with Crippen molar-refractivity contribution in [3.05, 3.63) is 22.5 Å². The van der Waals surface area contributed by atoms with E-state index in [-0.39, 0.29) is 30.3 Å². The van der Waals surface area contributed by atoms with Crippen molar-refractivity contribution in [1.29, 1.82) is 0 Å². The first-order valence-electron chi connectivity index (χ1n) is 9.64. The largest absolute Gasteiger partial charge is 0.394 e. The van der Waals surface area contributed by atoms with E-state index in [1.54, 1.807) is 18.4 Å². The van der Waals surface area contributed by atoms with Crippen LogP contribution in [0.1, 0.15) is 38.7 Å². The number of aryl methyl sites for hydroxylation is 1. The van der Waals surface area contributed by atoms with Gasteiger partial charge in [-0.3, -0.25) is 9.36 Å². The summed E-state index contributed by atoms with van der Waals surface area (Å²) in [6.45, 7) is 4.95. The summed E-state index contributed by atoms with van der Waals surface area (Å²) in [6, 6.07) is 0. The fourth-order valence-electron chi connectivity index (χ4n) is 3.39. The van der Waals surface area contributed by atoms with Gasteiger partial charge in [-0.25, -0.2) is 9.97 Å². The molecule has 1 aliphatic rings. The van der Waals surface area contributed by atoms with Gasteiger partial charge in [-0.1, -0.05) is 13.3 Å². The van der Waals surface area contributed by atoms with E-state index >= 15 is 0 Å². The summed E-state index contributed by atoms with van der Waals surface area (Å²) in [6.07, 6.45) is 11.1. The Hall–Kier alpha value is -3.03. The van der Waals surface area contributed by atoms with Gasteiger partial charge in [0.1, 0.15) is 11.9 Å². The molecule has 1 saturated heterocycles. The van der Waals surface area contributed by atoms with Gasteiger partial charge in [0.2, 0.25) is 0 Å². The number of fused-ring (bicyclic) bond motifs is 1. The molecule has 0 aromatic carbocycles. The first-order valence-corrected chi connectivity index (χ1v) is 9.64. The molecular formula is C21H25BN4O4. The molecule has 2 aromatic rings. The molecule has 4 atom stereocenters. The number of aliphatic hydroxyl groups is 2. The lowest BCUT2D eigenvalue weighted by Crippen LogP contribution is -2.28. The third-order valence-corrected chi connectivity index (χ3v) is 4.77. The van der Waals surface area contributed by atoms with Crippen LogP contribution in [0.3, 0.4) is 0 Å². The van der Waals surface area contributed by atoms with Crippen LogP contribution in [-0.2, 0) is 4.74 Å². The molecule has 0 aliphatic carbocycles. The highest BCUT2D eigenvalue weighted by atomic mass is 16.5. The molecule has 1 aliphatic heterocycles. The number of hydrogen-bond acceptors (Lipinski definition) is 6. The van der Waals surface area contributed by atoms with Gasteiger partial charge in [0.25, 0.3) is 5.56 Å². The Bertz CT molecular complexity index is 1060. The number of rotatable bonds is 4. The van der Waals surface area contributed by atoms with Crippen LogP contribution in [0.25, 0.3) is 11.2 Å². The number of terminal acetylenes is 2. The number of hydrogen-bond donors (Lipinski definition) is 3. The van der Waals surface area contributed by atoms with E-state index in [1.165, 1.54) is 6.33 Å². The van der Waals surface area contributed by atoms with E-state index in [2.05, 4.69) is 38.3 Å². The van der Waals surface area contributed by atoms with Crippen LogP contribution >= 0.6 is 0 Å². The Labute approximate surface area is 176 Å². The molecular weight excluding hydrogens is 383 g/mol. The normalized spacial score (nSPS) is 22.2. The van der Waals surface area contributed by atoms with Gasteiger partial charge in [0.15, 0.2) is 17.4 Å². The molecule has 9 heteroatoms. The van der Waals surface area contributed by atoms with E-state index in [0.717, 1.165) is 12.8 Å². The minimum atomic E-state index is -0.782. The molecule has 3 rings (SSSR count). The average Bonchev–Trinajstić information content (AvgIpc) is 3.28. The van der Waals surface area contributed by atoms with Crippen molar-refractivity contribution in [3.8, 4) is 36.2 Å². The zero-order valence-corrected chi connectivity index (χ0v) is 17.3. The summed E-state index contributed by atoms with van der Waals surface area (Å²) in [7, 11) is 0. The van der Waals surface area contributed by atoms with Crippen molar-refractivity contribution in [2.45, 2.75) is 52.0 Å². The van der Waals surface area contributed by atoms with Gasteiger partial charge in [-0.05, 0) is 20.3 Å². The molecule has 30 heavy (non-hydrogen) atoms. The first-order chi connectivity index (χ1) is 14.4. The van der Waals surface area contributed by atoms with E-state index in [0.29, 0.717) is 11.5 Å². The number of nitrogens with zero attached hydrogens (tertiary/aromatic N) is 3. The van der Waals surface area contributed by atoms with Gasteiger partial charge >= 0.3 is 6.71 Å². The standard InChI is InChI=1S/C14H20N4O4.C7H5B/c1-3-4-8-9(5-19)22-14(11(8)20)18-6-15-10-12(18)16-7(2)17-13(10)21;1-4-7-8(5-2)6-3/h6,8-9,11,14,19-20H,3-5H2,1-2H3,(H,16,17,21);2-3H,1H3/t8-,9+,11?,14+;/m0./s1. The Balaban J connectivity index is 0.000000343. The highest BCUT2D eigenvalue weighted by molar-refractivity contribution is 6.82. The van der Waals surface area contributed by atoms with E-state index < -0.39 is 18.4 Å². The number of imidazole rings is 1. The predicted octanol–water partition coefficient (Wildman–Crippen LogP) is 0.483. The summed E-state index contributed by atoms with van der Waals surface area (Å²) >= 11 is 0. The molecule has 0 radical (unpaired) electrons. The molecule has 1 unspecified atom stereocenters. The highest BCUT2D eigenvalue weighted by Crippen LogP contribution is 2.37. The van der Waals surface area contributed by atoms with E-state index in [4.69, 9.17) is 17.6 Å². The quantitative estimate of drug-likeness (QED) is 0.501. The number of aromatic amines is 1. The number of ether oxygens (including phenoxy) is 1. The van der Waals surface area contributed by atoms with E-state index in [1.807, 2.05) is 6.92 Å². The van der Waals surface area contributed by atoms with Crippen molar-refractivity contribution in [3.63, 3.8) is 0 Å². The Morgan fingerprint density at radius 1 is 1.40 bits per heavy atom. The lowest BCUT2D eigenvalue weighted by molar-refractivity contribution is -0.0493. The molecule has 0 saturated carbocycles. The zero-order valence-electron chi connectivity index (χ0n) is 17.3.